The third-order valence-electron chi connectivity index (χ3n) is 6.35. The number of aliphatic hydroxyl groups excluding tert-OH is 1. The summed E-state index contributed by atoms with van der Waals surface area (Å²) in [7, 11) is 2.65. The molecule has 2 aliphatic rings. The SMILES string of the molecule is CN(CC=O)C(=O)c1ccc2c(c1)CC(C)(C)C(c1cccc(N3CCOCC3)c1)N2.CO. The monoisotopic (exact) mass is 453 g/mol. The number of rotatable bonds is 5. The van der Waals surface area contributed by atoms with Crippen LogP contribution in [0.5, 0.6) is 0 Å². The number of carbonyl (C=O) groups is 2. The highest BCUT2D eigenvalue weighted by Crippen LogP contribution is 2.45. The Kier molecular flexibility index (Phi) is 8.10. The molecule has 0 spiro atoms. The average molecular weight is 454 g/mol. The first-order valence-corrected chi connectivity index (χ1v) is 11.3. The fraction of sp³-hybridized carbons (Fsp3) is 0.462. The second-order valence-electron chi connectivity index (χ2n) is 9.16. The third kappa shape index (κ3) is 5.54. The maximum absolute atomic E-state index is 12.6. The van der Waals surface area contributed by atoms with Crippen LogP contribution in [0.3, 0.4) is 0 Å². The average Bonchev–Trinajstić information content (AvgIpc) is 2.84. The Hall–Kier alpha value is -2.90. The van der Waals surface area contributed by atoms with Crippen molar-refractivity contribution in [1.82, 2.24) is 4.90 Å². The molecular formula is C26H35N3O4. The first-order chi connectivity index (χ1) is 15.9. The molecule has 0 aliphatic carbocycles. The summed E-state index contributed by atoms with van der Waals surface area (Å²) >= 11 is 0. The molecule has 0 saturated carbocycles. The molecule has 33 heavy (non-hydrogen) atoms. The zero-order valence-electron chi connectivity index (χ0n) is 20.0. The number of ether oxygens (including phenoxy) is 1. The van der Waals surface area contributed by atoms with Crippen LogP contribution in [0.15, 0.2) is 42.5 Å². The van der Waals surface area contributed by atoms with Crippen molar-refractivity contribution >= 4 is 23.6 Å². The van der Waals surface area contributed by atoms with Gasteiger partial charge in [-0.1, -0.05) is 26.0 Å². The standard InChI is InChI=1S/C25H31N3O3.CH4O/c1-25(2)17-20-15-19(24(30)27(3)9-12-29)7-8-22(20)26-23(25)18-5-4-6-21(16-18)28-10-13-31-14-11-28;1-2/h4-8,12,15-16,23,26H,9-11,13-14,17H2,1-3H3;2H,1H3. The summed E-state index contributed by atoms with van der Waals surface area (Å²) in [5, 5.41) is 10.7. The van der Waals surface area contributed by atoms with Crippen molar-refractivity contribution in [3.05, 3.63) is 59.2 Å². The topological polar surface area (TPSA) is 82.1 Å². The molecular weight excluding hydrogens is 418 g/mol. The number of aldehydes is 1. The highest BCUT2D eigenvalue weighted by atomic mass is 16.5. The van der Waals surface area contributed by atoms with E-state index in [-0.39, 0.29) is 23.9 Å². The van der Waals surface area contributed by atoms with Gasteiger partial charge in [0.1, 0.15) is 6.29 Å². The maximum Gasteiger partial charge on any atom is 0.253 e. The summed E-state index contributed by atoms with van der Waals surface area (Å²) < 4.78 is 5.50. The van der Waals surface area contributed by atoms with E-state index in [0.29, 0.717) is 5.56 Å². The molecule has 0 radical (unpaired) electrons. The van der Waals surface area contributed by atoms with Crippen molar-refractivity contribution in [3.63, 3.8) is 0 Å². The van der Waals surface area contributed by atoms with E-state index in [9.17, 15) is 9.59 Å². The predicted molar refractivity (Wildman–Crippen MR) is 131 cm³/mol. The van der Waals surface area contributed by atoms with Crippen LogP contribution in [0, 0.1) is 5.41 Å². The second-order valence-corrected chi connectivity index (χ2v) is 9.16. The molecule has 7 heteroatoms. The fourth-order valence-electron chi connectivity index (χ4n) is 4.63. The van der Waals surface area contributed by atoms with Gasteiger partial charge in [0.25, 0.3) is 5.91 Å². The Morgan fingerprint density at radius 3 is 2.64 bits per heavy atom. The second kappa shape index (κ2) is 10.8. The van der Waals surface area contributed by atoms with Crippen LogP contribution in [0.25, 0.3) is 0 Å². The van der Waals surface area contributed by atoms with Crippen LogP contribution in [0.1, 0.15) is 41.4 Å². The quantitative estimate of drug-likeness (QED) is 0.677. The summed E-state index contributed by atoms with van der Waals surface area (Å²) in [6.07, 6.45) is 1.61. The summed E-state index contributed by atoms with van der Waals surface area (Å²) in [6, 6.07) is 14.8. The molecule has 4 rings (SSSR count). The Bertz CT molecular complexity index is 970. The number of amides is 1. The van der Waals surface area contributed by atoms with Crippen molar-refractivity contribution in [1.29, 1.82) is 0 Å². The van der Waals surface area contributed by atoms with Gasteiger partial charge < -0.3 is 29.8 Å². The van der Waals surface area contributed by atoms with Gasteiger partial charge >= 0.3 is 0 Å². The number of fused-ring (bicyclic) bond motifs is 1. The largest absolute Gasteiger partial charge is 0.400 e. The molecule has 0 bridgehead atoms. The lowest BCUT2D eigenvalue weighted by Crippen LogP contribution is -2.37. The number of carbonyl (C=O) groups excluding carboxylic acids is 2. The summed E-state index contributed by atoms with van der Waals surface area (Å²) in [5.74, 6) is -0.131. The minimum absolute atomic E-state index is 0.0347. The first kappa shape index (κ1) is 24.7. The molecule has 1 unspecified atom stereocenters. The zero-order chi connectivity index (χ0) is 24.0. The van der Waals surface area contributed by atoms with E-state index in [1.165, 1.54) is 16.2 Å². The van der Waals surface area contributed by atoms with E-state index >= 15 is 0 Å². The molecule has 1 atom stereocenters. The van der Waals surface area contributed by atoms with E-state index < -0.39 is 0 Å². The van der Waals surface area contributed by atoms with Gasteiger partial charge in [0, 0.05) is 44.2 Å². The number of hydrogen-bond donors (Lipinski definition) is 2. The van der Waals surface area contributed by atoms with E-state index in [4.69, 9.17) is 9.84 Å². The molecule has 178 valence electrons. The minimum Gasteiger partial charge on any atom is -0.400 e. The van der Waals surface area contributed by atoms with Gasteiger partial charge in [0.05, 0.1) is 25.8 Å². The van der Waals surface area contributed by atoms with E-state index in [0.717, 1.165) is 57.4 Å². The van der Waals surface area contributed by atoms with Crippen molar-refractivity contribution in [2.24, 2.45) is 5.41 Å². The lowest BCUT2D eigenvalue weighted by atomic mass is 9.72. The van der Waals surface area contributed by atoms with Crippen LogP contribution in [-0.4, -0.2) is 69.2 Å². The highest BCUT2D eigenvalue weighted by Gasteiger charge is 2.36. The Balaban J connectivity index is 0.00000149. The Morgan fingerprint density at radius 1 is 1.21 bits per heavy atom. The number of hydrogen-bond acceptors (Lipinski definition) is 6. The third-order valence-corrected chi connectivity index (χ3v) is 6.35. The number of likely N-dealkylation sites (N-methyl/N-ethyl adjacent to an activating group) is 1. The van der Waals surface area contributed by atoms with Gasteiger partial charge in [-0.2, -0.15) is 0 Å². The van der Waals surface area contributed by atoms with E-state index in [1.807, 2.05) is 18.2 Å². The summed E-state index contributed by atoms with van der Waals surface area (Å²) in [5.41, 5.74) is 5.29. The number of benzene rings is 2. The van der Waals surface area contributed by atoms with Crippen LogP contribution in [0.4, 0.5) is 11.4 Å². The molecule has 1 fully saturated rings. The molecule has 2 aliphatic heterocycles. The molecule has 7 nitrogen and oxygen atoms in total. The van der Waals surface area contributed by atoms with Crippen molar-refractivity contribution in [2.45, 2.75) is 26.3 Å². The lowest BCUT2D eigenvalue weighted by Gasteiger charge is -2.42. The smallest absolute Gasteiger partial charge is 0.253 e. The van der Waals surface area contributed by atoms with Crippen LogP contribution < -0.4 is 10.2 Å². The molecule has 2 aromatic carbocycles. The van der Waals surface area contributed by atoms with Gasteiger partial charge in [-0.25, -0.2) is 0 Å². The maximum atomic E-state index is 12.6. The number of morpholine rings is 1. The van der Waals surface area contributed by atoms with Gasteiger partial charge in [-0.15, -0.1) is 0 Å². The Morgan fingerprint density at radius 2 is 1.94 bits per heavy atom. The van der Waals surface area contributed by atoms with Gasteiger partial charge in [0.2, 0.25) is 0 Å². The normalized spacial score (nSPS) is 18.8. The van der Waals surface area contributed by atoms with E-state index in [1.54, 1.807) is 7.05 Å². The number of aliphatic hydroxyl groups is 1. The molecule has 2 N–H and O–H groups in total. The Labute approximate surface area is 196 Å². The van der Waals surface area contributed by atoms with Crippen molar-refractivity contribution < 1.29 is 19.4 Å². The molecule has 1 saturated heterocycles. The van der Waals surface area contributed by atoms with Crippen LogP contribution >= 0.6 is 0 Å². The summed E-state index contributed by atoms with van der Waals surface area (Å²) in [6.45, 7) is 8.01. The molecule has 2 aromatic rings. The fourth-order valence-corrected chi connectivity index (χ4v) is 4.63. The van der Waals surface area contributed by atoms with Crippen molar-refractivity contribution in [3.8, 4) is 0 Å². The van der Waals surface area contributed by atoms with E-state index in [2.05, 4.69) is 48.3 Å². The number of nitrogens with one attached hydrogen (secondary N) is 1. The minimum atomic E-state index is -0.131. The van der Waals surface area contributed by atoms with Gasteiger partial charge in [-0.3, -0.25) is 4.79 Å². The highest BCUT2D eigenvalue weighted by molar-refractivity contribution is 5.95. The van der Waals surface area contributed by atoms with Crippen LogP contribution in [-0.2, 0) is 16.0 Å². The lowest BCUT2D eigenvalue weighted by molar-refractivity contribution is -0.108. The molecule has 2 heterocycles. The number of nitrogens with zero attached hydrogens (tertiary/aromatic N) is 2. The summed E-state index contributed by atoms with van der Waals surface area (Å²) in [4.78, 5) is 27.2. The first-order valence-electron chi connectivity index (χ1n) is 11.3. The van der Waals surface area contributed by atoms with Crippen molar-refractivity contribution in [2.75, 3.05) is 57.2 Å². The zero-order valence-corrected chi connectivity index (χ0v) is 20.0. The molecule has 0 aromatic heterocycles. The van der Waals surface area contributed by atoms with Gasteiger partial charge in [-0.05, 0) is 53.3 Å². The molecule has 1 amide bonds. The number of anilines is 2. The predicted octanol–water partition coefficient (Wildman–Crippen LogP) is 3.14. The van der Waals surface area contributed by atoms with Crippen LogP contribution in [0.2, 0.25) is 0 Å². The van der Waals surface area contributed by atoms with Gasteiger partial charge in [0.15, 0.2) is 0 Å².